The van der Waals surface area contributed by atoms with Crippen molar-refractivity contribution in [2.75, 3.05) is 13.1 Å². The maximum absolute atomic E-state index is 11.9. The van der Waals surface area contributed by atoms with Gasteiger partial charge in [0, 0.05) is 37.9 Å². The van der Waals surface area contributed by atoms with Gasteiger partial charge in [-0.1, -0.05) is 6.92 Å². The first-order valence-electron chi connectivity index (χ1n) is 7.71. The van der Waals surface area contributed by atoms with E-state index in [1.54, 1.807) is 6.20 Å². The molecule has 1 aliphatic rings. The van der Waals surface area contributed by atoms with Crippen LogP contribution in [0.2, 0.25) is 0 Å². The molecule has 5 nitrogen and oxygen atoms in total. The molecule has 112 valence electrons. The van der Waals surface area contributed by atoms with Gasteiger partial charge < -0.3 is 15.2 Å². The van der Waals surface area contributed by atoms with E-state index in [2.05, 4.69) is 27.1 Å². The van der Waals surface area contributed by atoms with E-state index in [0.717, 1.165) is 32.5 Å². The van der Waals surface area contributed by atoms with E-state index in [1.807, 2.05) is 12.5 Å². The molecule has 1 aromatic heterocycles. The number of amides is 1. The van der Waals surface area contributed by atoms with E-state index in [9.17, 15) is 4.79 Å². The Kier molecular flexibility index (Phi) is 6.05. The molecule has 20 heavy (non-hydrogen) atoms. The minimum atomic E-state index is 0.180. The Balaban J connectivity index is 1.53. The van der Waals surface area contributed by atoms with Gasteiger partial charge in [-0.15, -0.1) is 0 Å². The first kappa shape index (κ1) is 15.0. The third kappa shape index (κ3) is 4.96. The van der Waals surface area contributed by atoms with E-state index in [1.165, 1.54) is 12.8 Å². The van der Waals surface area contributed by atoms with Crippen molar-refractivity contribution < 1.29 is 4.79 Å². The summed E-state index contributed by atoms with van der Waals surface area (Å²) in [7, 11) is 0. The Morgan fingerprint density at radius 3 is 3.15 bits per heavy atom. The molecule has 2 heterocycles. The third-order valence-corrected chi connectivity index (χ3v) is 4.06. The molecule has 5 heteroatoms. The molecule has 2 N–H and O–H groups in total. The fourth-order valence-electron chi connectivity index (χ4n) is 2.73. The summed E-state index contributed by atoms with van der Waals surface area (Å²) in [5.41, 5.74) is 0. The van der Waals surface area contributed by atoms with Gasteiger partial charge in [-0.25, -0.2) is 4.98 Å². The first-order chi connectivity index (χ1) is 9.75. The van der Waals surface area contributed by atoms with Crippen molar-refractivity contribution in [3.63, 3.8) is 0 Å². The zero-order valence-corrected chi connectivity index (χ0v) is 12.3. The highest BCUT2D eigenvalue weighted by molar-refractivity contribution is 5.76. The molecule has 0 spiro atoms. The predicted molar refractivity (Wildman–Crippen MR) is 79.3 cm³/mol. The van der Waals surface area contributed by atoms with Gasteiger partial charge >= 0.3 is 0 Å². The van der Waals surface area contributed by atoms with Gasteiger partial charge in [-0.05, 0) is 38.1 Å². The summed E-state index contributed by atoms with van der Waals surface area (Å²) < 4.78 is 2.06. The van der Waals surface area contributed by atoms with Crippen molar-refractivity contribution in [1.82, 2.24) is 20.2 Å². The van der Waals surface area contributed by atoms with Crippen LogP contribution in [0.5, 0.6) is 0 Å². The lowest BCUT2D eigenvalue weighted by atomic mass is 9.90. The summed E-state index contributed by atoms with van der Waals surface area (Å²) >= 11 is 0. The summed E-state index contributed by atoms with van der Waals surface area (Å²) in [6.07, 6.45) is 10.7. The van der Waals surface area contributed by atoms with Crippen LogP contribution in [0, 0.1) is 5.92 Å². The Morgan fingerprint density at radius 2 is 2.40 bits per heavy atom. The highest BCUT2D eigenvalue weighted by Crippen LogP contribution is 2.17. The van der Waals surface area contributed by atoms with Crippen LogP contribution in [0.4, 0.5) is 0 Å². The summed E-state index contributed by atoms with van der Waals surface area (Å²) in [4.78, 5) is 15.9. The van der Waals surface area contributed by atoms with Crippen LogP contribution in [0.1, 0.15) is 39.0 Å². The van der Waals surface area contributed by atoms with Gasteiger partial charge in [-0.3, -0.25) is 4.79 Å². The second-order valence-electron chi connectivity index (χ2n) is 5.74. The number of carbonyl (C=O) groups excluding carboxylic acids is 1. The van der Waals surface area contributed by atoms with Gasteiger partial charge in [0.15, 0.2) is 0 Å². The van der Waals surface area contributed by atoms with Crippen LogP contribution in [-0.2, 0) is 11.3 Å². The highest BCUT2D eigenvalue weighted by Gasteiger charge is 2.22. The van der Waals surface area contributed by atoms with Gasteiger partial charge in [0.1, 0.15) is 0 Å². The number of rotatable bonds is 7. The zero-order valence-electron chi connectivity index (χ0n) is 12.3. The molecule has 1 aliphatic heterocycles. The van der Waals surface area contributed by atoms with Crippen LogP contribution < -0.4 is 10.6 Å². The average Bonchev–Trinajstić information content (AvgIpc) is 2.94. The minimum absolute atomic E-state index is 0.180. The second kappa shape index (κ2) is 8.04. The molecule has 0 aromatic carbocycles. The predicted octanol–water partition coefficient (Wildman–Crippen LogP) is 1.56. The number of nitrogens with zero attached hydrogens (tertiary/aromatic N) is 2. The Labute approximate surface area is 121 Å². The van der Waals surface area contributed by atoms with Crippen LogP contribution in [-0.4, -0.2) is 34.6 Å². The molecule has 0 saturated carbocycles. The minimum Gasteiger partial charge on any atom is -0.356 e. The number of hydrogen-bond acceptors (Lipinski definition) is 3. The largest absolute Gasteiger partial charge is 0.356 e. The fourth-order valence-corrected chi connectivity index (χ4v) is 2.73. The number of hydrogen-bond donors (Lipinski definition) is 2. The standard InChI is InChI=1S/C15H26N4O/c1-13-5-4-7-17-14(13)11-15(20)18-6-2-3-9-19-10-8-16-12-19/h8,10,12-14,17H,2-7,9,11H2,1H3,(H,18,20). The molecule has 0 bridgehead atoms. The quantitative estimate of drug-likeness (QED) is 0.744. The van der Waals surface area contributed by atoms with Gasteiger partial charge in [0.2, 0.25) is 5.91 Å². The van der Waals surface area contributed by atoms with Crippen molar-refractivity contribution in [3.05, 3.63) is 18.7 Å². The first-order valence-corrected chi connectivity index (χ1v) is 7.71. The molecule has 1 fully saturated rings. The van der Waals surface area contributed by atoms with Crippen LogP contribution in [0.3, 0.4) is 0 Å². The molecular formula is C15H26N4O. The lowest BCUT2D eigenvalue weighted by molar-refractivity contribution is -0.122. The van der Waals surface area contributed by atoms with E-state index >= 15 is 0 Å². The summed E-state index contributed by atoms with van der Waals surface area (Å²) in [5, 5.41) is 6.48. The Morgan fingerprint density at radius 1 is 1.50 bits per heavy atom. The number of carbonyl (C=O) groups is 1. The Bertz CT molecular complexity index is 391. The summed E-state index contributed by atoms with van der Waals surface area (Å²) in [5.74, 6) is 0.787. The molecule has 2 rings (SSSR count). The maximum Gasteiger partial charge on any atom is 0.221 e. The number of aryl methyl sites for hydroxylation is 1. The number of imidazole rings is 1. The second-order valence-corrected chi connectivity index (χ2v) is 5.74. The fraction of sp³-hybridized carbons (Fsp3) is 0.733. The highest BCUT2D eigenvalue weighted by atomic mass is 16.1. The molecular weight excluding hydrogens is 252 g/mol. The SMILES string of the molecule is CC1CCCNC1CC(=O)NCCCCn1ccnc1. The van der Waals surface area contributed by atoms with E-state index in [0.29, 0.717) is 18.4 Å². The lowest BCUT2D eigenvalue weighted by Gasteiger charge is -2.29. The van der Waals surface area contributed by atoms with Crippen molar-refractivity contribution in [2.45, 2.75) is 51.6 Å². The molecule has 0 aliphatic carbocycles. The van der Waals surface area contributed by atoms with Crippen molar-refractivity contribution in [2.24, 2.45) is 5.92 Å². The van der Waals surface area contributed by atoms with Gasteiger partial charge in [0.25, 0.3) is 0 Å². The number of piperidine rings is 1. The topological polar surface area (TPSA) is 59.0 Å². The Hall–Kier alpha value is -1.36. The van der Waals surface area contributed by atoms with Crippen molar-refractivity contribution >= 4 is 5.91 Å². The monoisotopic (exact) mass is 278 g/mol. The number of nitrogens with one attached hydrogen (secondary N) is 2. The van der Waals surface area contributed by atoms with Crippen molar-refractivity contribution in [3.8, 4) is 0 Å². The van der Waals surface area contributed by atoms with Crippen molar-refractivity contribution in [1.29, 1.82) is 0 Å². The summed E-state index contributed by atoms with van der Waals surface area (Å²) in [6.45, 7) is 5.02. The van der Waals surface area contributed by atoms with E-state index < -0.39 is 0 Å². The average molecular weight is 278 g/mol. The zero-order chi connectivity index (χ0) is 14.2. The molecule has 2 unspecified atom stereocenters. The van der Waals surface area contributed by atoms with Gasteiger partial charge in [0.05, 0.1) is 6.33 Å². The van der Waals surface area contributed by atoms with Gasteiger partial charge in [-0.2, -0.15) is 0 Å². The third-order valence-electron chi connectivity index (χ3n) is 4.06. The van der Waals surface area contributed by atoms with Crippen LogP contribution in [0.15, 0.2) is 18.7 Å². The molecule has 1 aromatic rings. The molecule has 1 saturated heterocycles. The lowest BCUT2D eigenvalue weighted by Crippen LogP contribution is -2.43. The smallest absolute Gasteiger partial charge is 0.221 e. The normalized spacial score (nSPS) is 22.6. The summed E-state index contributed by atoms with van der Waals surface area (Å²) in [6, 6.07) is 0.356. The van der Waals surface area contributed by atoms with Crippen LogP contribution in [0.25, 0.3) is 0 Å². The molecule has 1 amide bonds. The maximum atomic E-state index is 11.9. The van der Waals surface area contributed by atoms with E-state index in [4.69, 9.17) is 0 Å². The molecule has 0 radical (unpaired) electrons. The van der Waals surface area contributed by atoms with Crippen LogP contribution >= 0.6 is 0 Å². The number of unbranched alkanes of at least 4 members (excludes halogenated alkanes) is 1. The molecule has 2 atom stereocenters. The van der Waals surface area contributed by atoms with E-state index in [-0.39, 0.29) is 5.91 Å². The number of aromatic nitrogens is 2.